The molecule has 0 saturated heterocycles. The SMILES string of the molecule is O=C(NCc1ccc(S(=O)(=O)c2cccc(CCC(F)(F)F)c2)cc1)c1cnc2nccn2c1. The largest absolute Gasteiger partial charge is 0.389 e. The van der Waals surface area contributed by atoms with Crippen molar-refractivity contribution in [1.82, 2.24) is 19.7 Å². The number of rotatable bonds is 7. The first-order valence-electron chi connectivity index (χ1n) is 10.2. The molecule has 4 rings (SSSR count). The number of aryl methyl sites for hydroxylation is 1. The van der Waals surface area contributed by atoms with E-state index in [1.54, 1.807) is 35.1 Å². The van der Waals surface area contributed by atoms with Crippen LogP contribution in [0.4, 0.5) is 13.2 Å². The Morgan fingerprint density at radius 2 is 1.76 bits per heavy atom. The molecule has 0 unspecified atom stereocenters. The second-order valence-corrected chi connectivity index (χ2v) is 9.52. The maximum absolute atomic E-state index is 12.9. The molecule has 4 aromatic rings. The lowest BCUT2D eigenvalue weighted by Gasteiger charge is -2.10. The van der Waals surface area contributed by atoms with Crippen LogP contribution >= 0.6 is 0 Å². The van der Waals surface area contributed by atoms with Crippen LogP contribution in [0.1, 0.15) is 27.9 Å². The molecule has 1 amide bonds. The molecule has 1 N–H and O–H groups in total. The van der Waals surface area contributed by atoms with Gasteiger partial charge < -0.3 is 5.32 Å². The highest BCUT2D eigenvalue weighted by molar-refractivity contribution is 7.91. The zero-order valence-corrected chi connectivity index (χ0v) is 18.5. The zero-order valence-electron chi connectivity index (χ0n) is 17.7. The number of benzene rings is 2. The highest BCUT2D eigenvalue weighted by atomic mass is 32.2. The summed E-state index contributed by atoms with van der Waals surface area (Å²) in [5.74, 6) is 0.120. The fourth-order valence-electron chi connectivity index (χ4n) is 3.29. The normalized spacial score (nSPS) is 12.1. The van der Waals surface area contributed by atoms with E-state index in [4.69, 9.17) is 0 Å². The fourth-order valence-corrected chi connectivity index (χ4v) is 4.63. The van der Waals surface area contributed by atoms with Crippen LogP contribution in [0.15, 0.2) is 83.1 Å². The number of aromatic nitrogens is 3. The van der Waals surface area contributed by atoms with Gasteiger partial charge in [0.25, 0.3) is 5.91 Å². The van der Waals surface area contributed by atoms with Gasteiger partial charge in [-0.15, -0.1) is 0 Å². The summed E-state index contributed by atoms with van der Waals surface area (Å²) in [4.78, 5) is 20.4. The molecule has 0 bridgehead atoms. The van der Waals surface area contributed by atoms with Crippen molar-refractivity contribution < 1.29 is 26.4 Å². The van der Waals surface area contributed by atoms with Crippen molar-refractivity contribution in [3.05, 3.63) is 90.0 Å². The topological polar surface area (TPSA) is 93.4 Å². The summed E-state index contributed by atoms with van der Waals surface area (Å²) in [6.45, 7) is 0.161. The van der Waals surface area contributed by atoms with Gasteiger partial charge in [-0.05, 0) is 41.8 Å². The molecule has 2 heterocycles. The van der Waals surface area contributed by atoms with Crippen molar-refractivity contribution in [3.8, 4) is 0 Å². The molecule has 0 spiro atoms. The molecule has 0 radical (unpaired) electrons. The van der Waals surface area contributed by atoms with E-state index in [9.17, 15) is 26.4 Å². The van der Waals surface area contributed by atoms with Crippen molar-refractivity contribution in [2.45, 2.75) is 35.4 Å². The number of nitrogens with zero attached hydrogens (tertiary/aromatic N) is 3. The standard InChI is InChI=1S/C23H19F3N4O3S/c24-23(25,26)9-8-16-2-1-3-20(12-16)34(32,33)19-6-4-17(5-7-19)13-28-21(31)18-14-29-22-27-10-11-30(22)15-18/h1-7,10-12,14-15H,8-9,13H2,(H,28,31). The number of hydrogen-bond acceptors (Lipinski definition) is 5. The first-order valence-corrected chi connectivity index (χ1v) is 11.7. The van der Waals surface area contributed by atoms with Gasteiger partial charge in [0.15, 0.2) is 0 Å². The lowest BCUT2D eigenvalue weighted by atomic mass is 10.1. The van der Waals surface area contributed by atoms with E-state index >= 15 is 0 Å². The Morgan fingerprint density at radius 3 is 2.50 bits per heavy atom. The monoisotopic (exact) mass is 488 g/mol. The minimum absolute atomic E-state index is 0.00491. The first-order chi connectivity index (χ1) is 16.1. The van der Waals surface area contributed by atoms with Crippen LogP contribution in [0.3, 0.4) is 0 Å². The minimum Gasteiger partial charge on any atom is -0.348 e. The Balaban J connectivity index is 1.42. The predicted octanol–water partition coefficient (Wildman–Crippen LogP) is 3.99. The molecule has 11 heteroatoms. The Hall–Kier alpha value is -3.73. The molecule has 176 valence electrons. The van der Waals surface area contributed by atoms with E-state index in [0.29, 0.717) is 22.5 Å². The van der Waals surface area contributed by atoms with Crippen LogP contribution in [-0.4, -0.2) is 34.9 Å². The van der Waals surface area contributed by atoms with Crippen molar-refractivity contribution in [2.75, 3.05) is 0 Å². The second-order valence-electron chi connectivity index (χ2n) is 7.57. The third-order valence-electron chi connectivity index (χ3n) is 5.10. The highest BCUT2D eigenvalue weighted by Crippen LogP contribution is 2.25. The number of imidazole rings is 1. The molecule has 0 aliphatic heterocycles. The number of alkyl halides is 3. The quantitative estimate of drug-likeness (QED) is 0.425. The fraction of sp³-hybridized carbons (Fsp3) is 0.174. The lowest BCUT2D eigenvalue weighted by molar-refractivity contribution is -0.134. The van der Waals surface area contributed by atoms with Crippen LogP contribution in [0, 0.1) is 0 Å². The van der Waals surface area contributed by atoms with Crippen LogP contribution in [0.25, 0.3) is 5.78 Å². The van der Waals surface area contributed by atoms with Crippen molar-refractivity contribution in [2.24, 2.45) is 0 Å². The smallest absolute Gasteiger partial charge is 0.348 e. The third-order valence-corrected chi connectivity index (χ3v) is 6.87. The maximum atomic E-state index is 12.9. The van der Waals surface area contributed by atoms with Gasteiger partial charge in [0.2, 0.25) is 15.6 Å². The number of hydrogen-bond donors (Lipinski definition) is 1. The number of nitrogens with one attached hydrogen (secondary N) is 1. The van der Waals surface area contributed by atoms with E-state index in [2.05, 4.69) is 15.3 Å². The van der Waals surface area contributed by atoms with Gasteiger partial charge >= 0.3 is 6.18 Å². The number of sulfone groups is 1. The number of amides is 1. The highest BCUT2D eigenvalue weighted by Gasteiger charge is 2.27. The van der Waals surface area contributed by atoms with E-state index in [-0.39, 0.29) is 28.7 Å². The van der Waals surface area contributed by atoms with Crippen LogP contribution in [0.5, 0.6) is 0 Å². The first kappa shape index (κ1) is 23.4. The van der Waals surface area contributed by atoms with E-state index in [0.717, 1.165) is 0 Å². The Bertz CT molecular complexity index is 1430. The summed E-state index contributed by atoms with van der Waals surface area (Å²) in [5, 5.41) is 2.74. The van der Waals surface area contributed by atoms with Crippen molar-refractivity contribution in [3.63, 3.8) is 0 Å². The molecule has 0 fully saturated rings. The third kappa shape index (κ3) is 5.42. The second kappa shape index (κ2) is 9.26. The zero-order chi connectivity index (χ0) is 24.3. The summed E-state index contributed by atoms with van der Waals surface area (Å²) in [7, 11) is -3.91. The van der Waals surface area contributed by atoms with Crippen LogP contribution in [-0.2, 0) is 22.8 Å². The van der Waals surface area contributed by atoms with E-state index in [1.807, 2.05) is 0 Å². The average molecular weight is 488 g/mol. The van der Waals surface area contributed by atoms with Crippen LogP contribution < -0.4 is 5.32 Å². The molecule has 34 heavy (non-hydrogen) atoms. The summed E-state index contributed by atoms with van der Waals surface area (Å²) >= 11 is 0. The van der Waals surface area contributed by atoms with E-state index in [1.165, 1.54) is 42.6 Å². The molecule has 7 nitrogen and oxygen atoms in total. The number of carbonyl (C=O) groups is 1. The number of fused-ring (bicyclic) bond motifs is 1. The Kier molecular flexibility index (Phi) is 6.38. The molecule has 0 aliphatic carbocycles. The van der Waals surface area contributed by atoms with Crippen molar-refractivity contribution in [1.29, 1.82) is 0 Å². The molecule has 2 aromatic carbocycles. The molecule has 0 aliphatic rings. The molecule has 2 aromatic heterocycles. The van der Waals surface area contributed by atoms with Crippen molar-refractivity contribution >= 4 is 21.5 Å². The molecular weight excluding hydrogens is 469 g/mol. The number of carbonyl (C=O) groups excluding carboxylic acids is 1. The van der Waals surface area contributed by atoms with E-state index < -0.39 is 22.4 Å². The molecule has 0 saturated carbocycles. The van der Waals surface area contributed by atoms with Crippen LogP contribution in [0.2, 0.25) is 0 Å². The summed E-state index contributed by atoms with van der Waals surface area (Å²) in [6.07, 6.45) is 0.614. The average Bonchev–Trinajstić information content (AvgIpc) is 3.29. The molecular formula is C23H19F3N4O3S. The molecule has 0 atom stereocenters. The summed E-state index contributed by atoms with van der Waals surface area (Å²) in [6, 6.07) is 11.5. The van der Waals surface area contributed by atoms with Gasteiger partial charge in [0.1, 0.15) is 0 Å². The van der Waals surface area contributed by atoms with Gasteiger partial charge in [-0.25, -0.2) is 18.4 Å². The Labute approximate surface area is 193 Å². The van der Waals surface area contributed by atoms with Gasteiger partial charge in [-0.3, -0.25) is 9.20 Å². The van der Waals surface area contributed by atoms with Gasteiger partial charge in [0.05, 0.1) is 15.4 Å². The predicted molar refractivity (Wildman–Crippen MR) is 117 cm³/mol. The van der Waals surface area contributed by atoms with Gasteiger partial charge in [-0.1, -0.05) is 24.3 Å². The van der Waals surface area contributed by atoms with Gasteiger partial charge in [0, 0.05) is 37.8 Å². The lowest BCUT2D eigenvalue weighted by Crippen LogP contribution is -2.23. The minimum atomic E-state index is -4.32. The summed E-state index contributed by atoms with van der Waals surface area (Å²) in [5.41, 5.74) is 1.30. The Morgan fingerprint density at radius 1 is 1.00 bits per heavy atom. The number of halogens is 3. The summed E-state index contributed by atoms with van der Waals surface area (Å²) < 4.78 is 64.9. The van der Waals surface area contributed by atoms with Gasteiger partial charge in [-0.2, -0.15) is 13.2 Å². The maximum Gasteiger partial charge on any atom is 0.389 e.